The van der Waals surface area contributed by atoms with E-state index in [2.05, 4.69) is 0 Å². The molecule has 0 aliphatic carbocycles. The number of carbonyl (C=O) groups is 3. The highest BCUT2D eigenvalue weighted by Gasteiger charge is 2.51. The van der Waals surface area contributed by atoms with Gasteiger partial charge in [0.15, 0.2) is 0 Å². The number of esters is 1. The maximum absolute atomic E-state index is 13.1. The van der Waals surface area contributed by atoms with Crippen LogP contribution in [0.2, 0.25) is 0 Å². The van der Waals surface area contributed by atoms with Crippen LogP contribution in [-0.4, -0.2) is 35.3 Å². The van der Waals surface area contributed by atoms with Gasteiger partial charge in [-0.25, -0.2) is 4.79 Å². The Hall–Kier alpha value is -3.93. The van der Waals surface area contributed by atoms with Gasteiger partial charge in [0.05, 0.1) is 18.2 Å². The number of nitrogens with zero attached hydrogens (tertiary/aromatic N) is 1. The lowest BCUT2D eigenvalue weighted by Crippen LogP contribution is -2.57. The smallest absolute Gasteiger partial charge is 0.332 e. The van der Waals surface area contributed by atoms with Crippen LogP contribution in [0.3, 0.4) is 0 Å². The van der Waals surface area contributed by atoms with Crippen molar-refractivity contribution in [3.05, 3.63) is 101 Å². The molecule has 6 nitrogen and oxygen atoms in total. The van der Waals surface area contributed by atoms with Crippen molar-refractivity contribution in [2.75, 3.05) is 7.11 Å². The van der Waals surface area contributed by atoms with E-state index >= 15 is 0 Å². The lowest BCUT2D eigenvalue weighted by Gasteiger charge is -2.34. The third kappa shape index (κ3) is 3.87. The lowest BCUT2D eigenvalue weighted by atomic mass is 9.90. The number of methoxy groups -OCH3 is 1. The van der Waals surface area contributed by atoms with Crippen LogP contribution in [0.4, 0.5) is 0 Å². The minimum atomic E-state index is -1.51. The van der Waals surface area contributed by atoms with Crippen LogP contribution in [-0.2, 0) is 22.6 Å². The molecule has 2 amide bonds. The zero-order valence-electron chi connectivity index (χ0n) is 17.9. The summed E-state index contributed by atoms with van der Waals surface area (Å²) in [4.78, 5) is 40.0. The highest BCUT2D eigenvalue weighted by atomic mass is 16.5. The van der Waals surface area contributed by atoms with Crippen molar-refractivity contribution in [1.82, 2.24) is 4.90 Å². The summed E-state index contributed by atoms with van der Waals surface area (Å²) in [6, 6.07) is 23.6. The Labute approximate surface area is 186 Å². The van der Waals surface area contributed by atoms with Gasteiger partial charge in [-0.3, -0.25) is 14.5 Å². The molecule has 0 bridgehead atoms. The van der Waals surface area contributed by atoms with Crippen LogP contribution in [0.5, 0.6) is 5.75 Å². The first kappa shape index (κ1) is 21.3. The number of imide groups is 1. The molecule has 0 fully saturated rings. The van der Waals surface area contributed by atoms with Crippen molar-refractivity contribution < 1.29 is 23.9 Å². The average Bonchev–Trinajstić information content (AvgIpc) is 3.08. The Morgan fingerprint density at radius 3 is 2.06 bits per heavy atom. The van der Waals surface area contributed by atoms with E-state index in [0.717, 1.165) is 16.0 Å². The molecule has 0 spiro atoms. The van der Waals surface area contributed by atoms with Crippen molar-refractivity contribution in [3.8, 4) is 5.75 Å². The number of carbonyl (C=O) groups excluding carboxylic acids is 3. The van der Waals surface area contributed by atoms with Gasteiger partial charge in [0.2, 0.25) is 0 Å². The average molecular weight is 429 g/mol. The Morgan fingerprint density at radius 2 is 1.44 bits per heavy atom. The van der Waals surface area contributed by atoms with Gasteiger partial charge in [0, 0.05) is 6.42 Å². The predicted molar refractivity (Wildman–Crippen MR) is 118 cm³/mol. The summed E-state index contributed by atoms with van der Waals surface area (Å²) in [5.74, 6) is -1.05. The third-order valence-electron chi connectivity index (χ3n) is 5.61. The number of fused-ring (bicyclic) bond motifs is 1. The van der Waals surface area contributed by atoms with E-state index in [1.807, 2.05) is 54.6 Å². The van der Waals surface area contributed by atoms with Gasteiger partial charge in [-0.1, -0.05) is 54.6 Å². The molecule has 1 atom stereocenters. The molecule has 3 aromatic carbocycles. The number of hydrogen-bond acceptors (Lipinski definition) is 5. The molecule has 1 heterocycles. The second kappa shape index (κ2) is 8.67. The number of amides is 2. The van der Waals surface area contributed by atoms with E-state index in [0.29, 0.717) is 12.4 Å². The zero-order valence-corrected chi connectivity index (χ0v) is 17.9. The molecule has 4 rings (SSSR count). The summed E-state index contributed by atoms with van der Waals surface area (Å²) in [6.07, 6.45) is 0.0910. The first-order valence-corrected chi connectivity index (χ1v) is 10.3. The topological polar surface area (TPSA) is 72.9 Å². The minimum Gasteiger partial charge on any atom is -0.489 e. The van der Waals surface area contributed by atoms with Gasteiger partial charge >= 0.3 is 5.97 Å². The molecule has 0 N–H and O–H groups in total. The highest BCUT2D eigenvalue weighted by Crippen LogP contribution is 2.33. The Bertz CT molecular complexity index is 1140. The number of ether oxygens (including phenoxy) is 2. The van der Waals surface area contributed by atoms with Gasteiger partial charge in [-0.05, 0) is 42.3 Å². The second-order valence-electron chi connectivity index (χ2n) is 7.86. The summed E-state index contributed by atoms with van der Waals surface area (Å²) in [7, 11) is 1.25. The molecular formula is C26H23NO5. The molecule has 1 aliphatic heterocycles. The van der Waals surface area contributed by atoms with Gasteiger partial charge < -0.3 is 9.47 Å². The first-order valence-electron chi connectivity index (χ1n) is 10.3. The van der Waals surface area contributed by atoms with E-state index in [9.17, 15) is 14.4 Å². The van der Waals surface area contributed by atoms with Crippen LogP contribution >= 0.6 is 0 Å². The molecule has 162 valence electrons. The number of rotatable bonds is 7. The fourth-order valence-electron chi connectivity index (χ4n) is 3.98. The van der Waals surface area contributed by atoms with Crippen molar-refractivity contribution in [2.45, 2.75) is 25.5 Å². The predicted octanol–water partition coefficient (Wildman–Crippen LogP) is 4.04. The summed E-state index contributed by atoms with van der Waals surface area (Å²) >= 11 is 0. The molecule has 0 unspecified atom stereocenters. The minimum absolute atomic E-state index is 0.0910. The Kier molecular flexibility index (Phi) is 5.77. The highest BCUT2D eigenvalue weighted by molar-refractivity contribution is 6.23. The number of hydrogen-bond donors (Lipinski definition) is 0. The monoisotopic (exact) mass is 429 g/mol. The van der Waals surface area contributed by atoms with Crippen LogP contribution in [0.1, 0.15) is 38.8 Å². The molecular weight excluding hydrogens is 406 g/mol. The quantitative estimate of drug-likeness (QED) is 0.419. The molecule has 32 heavy (non-hydrogen) atoms. The van der Waals surface area contributed by atoms with Crippen molar-refractivity contribution in [2.24, 2.45) is 0 Å². The van der Waals surface area contributed by atoms with Crippen LogP contribution in [0, 0.1) is 0 Å². The first-order chi connectivity index (χ1) is 15.4. The molecule has 0 saturated heterocycles. The molecule has 6 heteroatoms. The SMILES string of the molecule is COC(=O)[C@@](C)(Cc1cccc(OCc2ccccc2)c1)N1C(=O)c2ccccc2C1=O. The van der Waals surface area contributed by atoms with E-state index < -0.39 is 23.3 Å². The maximum atomic E-state index is 13.1. The summed E-state index contributed by atoms with van der Waals surface area (Å²) in [5.41, 5.74) is 0.823. The Morgan fingerprint density at radius 1 is 0.844 bits per heavy atom. The fourth-order valence-corrected chi connectivity index (χ4v) is 3.98. The Balaban J connectivity index is 1.61. The largest absolute Gasteiger partial charge is 0.489 e. The van der Waals surface area contributed by atoms with Gasteiger partial charge in [-0.2, -0.15) is 0 Å². The zero-order chi connectivity index (χ0) is 22.7. The van der Waals surface area contributed by atoms with Crippen molar-refractivity contribution in [1.29, 1.82) is 0 Å². The molecule has 1 aliphatic rings. The maximum Gasteiger partial charge on any atom is 0.332 e. The van der Waals surface area contributed by atoms with Crippen molar-refractivity contribution >= 4 is 17.8 Å². The van der Waals surface area contributed by atoms with Gasteiger partial charge in [0.1, 0.15) is 17.9 Å². The molecule has 0 aromatic heterocycles. The summed E-state index contributed by atoms with van der Waals surface area (Å²) < 4.78 is 10.9. The number of benzene rings is 3. The summed E-state index contributed by atoms with van der Waals surface area (Å²) in [6.45, 7) is 1.95. The van der Waals surface area contributed by atoms with E-state index in [4.69, 9.17) is 9.47 Å². The van der Waals surface area contributed by atoms with Crippen LogP contribution < -0.4 is 4.74 Å². The van der Waals surface area contributed by atoms with E-state index in [-0.39, 0.29) is 17.5 Å². The second-order valence-corrected chi connectivity index (χ2v) is 7.86. The normalized spacial score (nSPS) is 14.6. The van der Waals surface area contributed by atoms with E-state index in [1.54, 1.807) is 31.2 Å². The molecule has 0 radical (unpaired) electrons. The molecule has 0 saturated carbocycles. The van der Waals surface area contributed by atoms with Crippen LogP contribution in [0.15, 0.2) is 78.9 Å². The van der Waals surface area contributed by atoms with Crippen molar-refractivity contribution in [3.63, 3.8) is 0 Å². The lowest BCUT2D eigenvalue weighted by molar-refractivity contribution is -0.151. The van der Waals surface area contributed by atoms with Gasteiger partial charge in [0.25, 0.3) is 11.8 Å². The third-order valence-corrected chi connectivity index (χ3v) is 5.61. The standard InChI is InChI=1S/C26H23NO5/c1-26(25(30)31-2,27-23(28)21-13-6-7-14-22(21)24(27)29)16-19-11-8-12-20(15-19)32-17-18-9-4-3-5-10-18/h3-15H,16-17H2,1-2H3/t26-/m1/s1. The summed E-state index contributed by atoms with van der Waals surface area (Å²) in [5, 5.41) is 0. The van der Waals surface area contributed by atoms with Gasteiger partial charge in [-0.15, -0.1) is 0 Å². The van der Waals surface area contributed by atoms with E-state index in [1.165, 1.54) is 7.11 Å². The fraction of sp³-hybridized carbons (Fsp3) is 0.192. The van der Waals surface area contributed by atoms with Crippen LogP contribution in [0.25, 0.3) is 0 Å². The molecule has 3 aromatic rings.